The second kappa shape index (κ2) is 7.70. The van der Waals surface area contributed by atoms with Gasteiger partial charge in [-0.15, -0.1) is 0 Å². The van der Waals surface area contributed by atoms with E-state index in [2.05, 4.69) is 13.8 Å². The van der Waals surface area contributed by atoms with Crippen LogP contribution in [0.3, 0.4) is 0 Å². The Kier molecular flexibility index (Phi) is 7.44. The number of hydrogen-bond donors (Lipinski definition) is 1. The Bertz CT molecular complexity index is 220. The van der Waals surface area contributed by atoms with Crippen molar-refractivity contribution in [1.29, 1.82) is 0 Å². The van der Waals surface area contributed by atoms with E-state index in [9.17, 15) is 4.79 Å². The molecule has 0 saturated heterocycles. The Labute approximate surface area is 107 Å². The maximum absolute atomic E-state index is 12.4. The van der Waals surface area contributed by atoms with E-state index in [1.807, 2.05) is 25.7 Å². The smallest absolute Gasteiger partial charge is 0.242 e. The molecule has 0 bridgehead atoms. The SMILES string of the molecule is CCC(CC)CN(CC)C(=O)C(N)(CC)CC. The molecule has 0 atom stereocenters. The first-order valence-electron chi connectivity index (χ1n) is 7.07. The summed E-state index contributed by atoms with van der Waals surface area (Å²) in [5.74, 6) is 0.716. The predicted octanol–water partition coefficient (Wildman–Crippen LogP) is 2.79. The largest absolute Gasteiger partial charge is 0.341 e. The van der Waals surface area contributed by atoms with Gasteiger partial charge >= 0.3 is 0 Å². The van der Waals surface area contributed by atoms with E-state index in [1.165, 1.54) is 0 Å². The molecule has 2 N–H and O–H groups in total. The van der Waals surface area contributed by atoms with Gasteiger partial charge in [-0.3, -0.25) is 4.79 Å². The minimum absolute atomic E-state index is 0.122. The minimum Gasteiger partial charge on any atom is -0.341 e. The number of amides is 1. The Balaban J connectivity index is 4.70. The van der Waals surface area contributed by atoms with Gasteiger partial charge < -0.3 is 10.6 Å². The van der Waals surface area contributed by atoms with Crippen molar-refractivity contribution in [2.45, 2.75) is 65.8 Å². The molecule has 0 aromatic rings. The molecule has 0 rings (SSSR count). The Hall–Kier alpha value is -0.570. The molecule has 0 aliphatic rings. The van der Waals surface area contributed by atoms with Gasteiger partial charge in [0, 0.05) is 13.1 Å². The van der Waals surface area contributed by atoms with Crippen LogP contribution >= 0.6 is 0 Å². The molecule has 3 heteroatoms. The van der Waals surface area contributed by atoms with Crippen LogP contribution in [-0.2, 0) is 4.79 Å². The highest BCUT2D eigenvalue weighted by Crippen LogP contribution is 2.18. The highest BCUT2D eigenvalue weighted by atomic mass is 16.2. The summed E-state index contributed by atoms with van der Waals surface area (Å²) in [6.07, 6.45) is 3.66. The minimum atomic E-state index is -0.665. The van der Waals surface area contributed by atoms with Crippen molar-refractivity contribution >= 4 is 5.91 Å². The van der Waals surface area contributed by atoms with E-state index >= 15 is 0 Å². The van der Waals surface area contributed by atoms with Gasteiger partial charge in [-0.2, -0.15) is 0 Å². The van der Waals surface area contributed by atoms with E-state index in [0.29, 0.717) is 18.8 Å². The monoisotopic (exact) mass is 242 g/mol. The molecular weight excluding hydrogens is 212 g/mol. The first-order valence-corrected chi connectivity index (χ1v) is 7.07. The second-order valence-electron chi connectivity index (χ2n) is 4.89. The molecule has 102 valence electrons. The third-order valence-corrected chi connectivity index (χ3v) is 3.99. The number of carbonyl (C=O) groups excluding carboxylic acids is 1. The molecule has 0 aliphatic carbocycles. The van der Waals surface area contributed by atoms with Crippen LogP contribution in [0.5, 0.6) is 0 Å². The molecule has 0 unspecified atom stereocenters. The lowest BCUT2D eigenvalue weighted by Gasteiger charge is -2.34. The zero-order valence-electron chi connectivity index (χ0n) is 12.3. The van der Waals surface area contributed by atoms with Crippen LogP contribution in [0.4, 0.5) is 0 Å². The zero-order chi connectivity index (χ0) is 13.5. The average Bonchev–Trinajstić information content (AvgIpc) is 2.38. The standard InChI is InChI=1S/C14H30N2O/c1-6-12(7-2)11-16(10-5)13(17)14(15,8-3)9-4/h12H,6-11,15H2,1-5H3. The predicted molar refractivity (Wildman–Crippen MR) is 73.8 cm³/mol. The van der Waals surface area contributed by atoms with Crippen molar-refractivity contribution in [2.75, 3.05) is 13.1 Å². The molecule has 0 aliphatic heterocycles. The fraction of sp³-hybridized carbons (Fsp3) is 0.929. The normalized spacial score (nSPS) is 11.9. The van der Waals surface area contributed by atoms with Crippen LogP contribution in [0, 0.1) is 5.92 Å². The van der Waals surface area contributed by atoms with E-state index < -0.39 is 5.54 Å². The molecule has 0 saturated carbocycles. The lowest BCUT2D eigenvalue weighted by Crippen LogP contribution is -2.55. The number of nitrogens with two attached hydrogens (primary N) is 1. The Morgan fingerprint density at radius 3 is 1.88 bits per heavy atom. The van der Waals surface area contributed by atoms with Gasteiger partial charge in [-0.1, -0.05) is 40.5 Å². The lowest BCUT2D eigenvalue weighted by atomic mass is 9.91. The second-order valence-corrected chi connectivity index (χ2v) is 4.89. The zero-order valence-corrected chi connectivity index (χ0v) is 12.3. The first-order chi connectivity index (χ1) is 7.98. The van der Waals surface area contributed by atoms with E-state index in [1.54, 1.807) is 0 Å². The van der Waals surface area contributed by atoms with Crippen molar-refractivity contribution in [3.8, 4) is 0 Å². The van der Waals surface area contributed by atoms with Crippen LogP contribution in [0.1, 0.15) is 60.3 Å². The van der Waals surface area contributed by atoms with Crippen molar-refractivity contribution < 1.29 is 4.79 Å². The molecule has 0 radical (unpaired) electrons. The van der Waals surface area contributed by atoms with Gasteiger partial charge in [0.1, 0.15) is 0 Å². The van der Waals surface area contributed by atoms with E-state index in [4.69, 9.17) is 5.73 Å². The van der Waals surface area contributed by atoms with E-state index in [0.717, 1.165) is 25.9 Å². The molecule has 3 nitrogen and oxygen atoms in total. The summed E-state index contributed by atoms with van der Waals surface area (Å²) in [6.45, 7) is 12.0. The van der Waals surface area contributed by atoms with Crippen molar-refractivity contribution in [3.63, 3.8) is 0 Å². The van der Waals surface area contributed by atoms with Gasteiger partial charge in [0.15, 0.2) is 0 Å². The molecule has 0 aromatic heterocycles. The van der Waals surface area contributed by atoms with Crippen molar-refractivity contribution in [2.24, 2.45) is 11.7 Å². The summed E-state index contributed by atoms with van der Waals surface area (Å²) in [7, 11) is 0. The summed E-state index contributed by atoms with van der Waals surface area (Å²) in [4.78, 5) is 14.4. The van der Waals surface area contributed by atoms with E-state index in [-0.39, 0.29) is 5.91 Å². The average molecular weight is 242 g/mol. The van der Waals surface area contributed by atoms with Gasteiger partial charge in [0.25, 0.3) is 0 Å². The molecular formula is C14H30N2O. The highest BCUT2D eigenvalue weighted by molar-refractivity contribution is 5.86. The summed E-state index contributed by atoms with van der Waals surface area (Å²) in [6, 6.07) is 0. The van der Waals surface area contributed by atoms with Crippen LogP contribution < -0.4 is 5.73 Å². The molecule has 1 amide bonds. The Morgan fingerprint density at radius 2 is 1.59 bits per heavy atom. The fourth-order valence-corrected chi connectivity index (χ4v) is 2.08. The third kappa shape index (κ3) is 4.30. The number of carbonyl (C=O) groups is 1. The van der Waals surface area contributed by atoms with Gasteiger partial charge in [0.2, 0.25) is 5.91 Å². The molecule has 0 spiro atoms. The molecule has 0 heterocycles. The van der Waals surface area contributed by atoms with Gasteiger partial charge in [0.05, 0.1) is 5.54 Å². The number of hydrogen-bond acceptors (Lipinski definition) is 2. The van der Waals surface area contributed by atoms with Crippen molar-refractivity contribution in [3.05, 3.63) is 0 Å². The highest BCUT2D eigenvalue weighted by Gasteiger charge is 2.33. The summed E-state index contributed by atoms with van der Waals surface area (Å²) >= 11 is 0. The maximum Gasteiger partial charge on any atom is 0.242 e. The topological polar surface area (TPSA) is 46.3 Å². The Morgan fingerprint density at radius 1 is 1.12 bits per heavy atom. The fourth-order valence-electron chi connectivity index (χ4n) is 2.08. The lowest BCUT2D eigenvalue weighted by molar-refractivity contribution is -0.137. The van der Waals surface area contributed by atoms with Gasteiger partial charge in [-0.25, -0.2) is 0 Å². The maximum atomic E-state index is 12.4. The summed E-state index contributed by atoms with van der Waals surface area (Å²) in [5.41, 5.74) is 5.52. The number of nitrogens with zero attached hydrogens (tertiary/aromatic N) is 1. The van der Waals surface area contributed by atoms with Crippen LogP contribution in [0.25, 0.3) is 0 Å². The summed E-state index contributed by atoms with van der Waals surface area (Å²) in [5, 5.41) is 0. The molecule has 0 aromatic carbocycles. The van der Waals surface area contributed by atoms with Gasteiger partial charge in [-0.05, 0) is 25.7 Å². The molecule has 17 heavy (non-hydrogen) atoms. The first kappa shape index (κ1) is 16.4. The molecule has 0 fully saturated rings. The number of likely N-dealkylation sites (N-methyl/N-ethyl adjacent to an activating group) is 1. The third-order valence-electron chi connectivity index (χ3n) is 3.99. The van der Waals surface area contributed by atoms with Crippen LogP contribution in [0.15, 0.2) is 0 Å². The summed E-state index contributed by atoms with van der Waals surface area (Å²) < 4.78 is 0. The quantitative estimate of drug-likeness (QED) is 0.711. The van der Waals surface area contributed by atoms with Crippen molar-refractivity contribution in [1.82, 2.24) is 4.90 Å². The number of rotatable bonds is 8. The van der Waals surface area contributed by atoms with Crippen LogP contribution in [0.2, 0.25) is 0 Å². The van der Waals surface area contributed by atoms with Crippen LogP contribution in [-0.4, -0.2) is 29.4 Å².